The Morgan fingerprint density at radius 2 is 2.00 bits per heavy atom. The molecule has 88 valence electrons. The molecule has 1 aliphatic rings. The van der Waals surface area contributed by atoms with Crippen LogP contribution in [0.5, 0.6) is 0 Å². The van der Waals surface area contributed by atoms with Gasteiger partial charge in [0.05, 0.1) is 4.47 Å². The van der Waals surface area contributed by atoms with Gasteiger partial charge < -0.3 is 4.90 Å². The van der Waals surface area contributed by atoms with E-state index in [0.717, 1.165) is 23.4 Å². The van der Waals surface area contributed by atoms with Gasteiger partial charge in [0.15, 0.2) is 0 Å². The van der Waals surface area contributed by atoms with Gasteiger partial charge in [-0.2, -0.15) is 4.98 Å². The van der Waals surface area contributed by atoms with Crippen LogP contribution in [0.2, 0.25) is 5.28 Å². The monoisotopic (exact) mass is 303 g/mol. The van der Waals surface area contributed by atoms with Crippen LogP contribution in [0.1, 0.15) is 26.7 Å². The second-order valence-corrected chi connectivity index (χ2v) is 6.15. The first-order chi connectivity index (χ1) is 7.48. The van der Waals surface area contributed by atoms with Gasteiger partial charge in [-0.1, -0.05) is 13.8 Å². The van der Waals surface area contributed by atoms with Gasteiger partial charge in [0.1, 0.15) is 5.82 Å². The summed E-state index contributed by atoms with van der Waals surface area (Å²) < 4.78 is 0.914. The number of nitrogens with zero attached hydrogens (tertiary/aromatic N) is 3. The summed E-state index contributed by atoms with van der Waals surface area (Å²) in [5.74, 6) is 0.913. The van der Waals surface area contributed by atoms with Crippen molar-refractivity contribution < 1.29 is 0 Å². The Hall–Kier alpha value is -0.350. The van der Waals surface area contributed by atoms with Crippen molar-refractivity contribution in [1.82, 2.24) is 9.97 Å². The van der Waals surface area contributed by atoms with Crippen molar-refractivity contribution in [1.29, 1.82) is 0 Å². The van der Waals surface area contributed by atoms with Crippen molar-refractivity contribution in [2.24, 2.45) is 5.41 Å². The molecule has 5 heteroatoms. The molecule has 0 unspecified atom stereocenters. The smallest absolute Gasteiger partial charge is 0.224 e. The van der Waals surface area contributed by atoms with Crippen molar-refractivity contribution in [2.45, 2.75) is 26.7 Å². The molecule has 1 aliphatic heterocycles. The van der Waals surface area contributed by atoms with Crippen LogP contribution >= 0.6 is 27.5 Å². The first-order valence-electron chi connectivity index (χ1n) is 5.41. The molecular weight excluding hydrogens is 289 g/mol. The molecule has 0 radical (unpaired) electrons. The minimum Gasteiger partial charge on any atom is -0.355 e. The van der Waals surface area contributed by atoms with E-state index in [9.17, 15) is 0 Å². The van der Waals surface area contributed by atoms with Crippen molar-refractivity contribution in [3.8, 4) is 0 Å². The number of halogens is 2. The summed E-state index contributed by atoms with van der Waals surface area (Å²) >= 11 is 9.29. The average Bonchev–Trinajstić information content (AvgIpc) is 2.22. The van der Waals surface area contributed by atoms with Crippen LogP contribution in [-0.2, 0) is 0 Å². The highest BCUT2D eigenvalue weighted by Crippen LogP contribution is 2.34. The van der Waals surface area contributed by atoms with Gasteiger partial charge in [0, 0.05) is 19.3 Å². The lowest BCUT2D eigenvalue weighted by Crippen LogP contribution is -2.38. The molecule has 0 spiro atoms. The van der Waals surface area contributed by atoms with Gasteiger partial charge in [0.25, 0.3) is 0 Å². The maximum atomic E-state index is 5.82. The molecule has 0 amide bonds. The summed E-state index contributed by atoms with van der Waals surface area (Å²) in [6, 6.07) is 0. The molecular formula is C11H15BrClN3. The standard InChI is InChI=1S/C11H15BrClN3/c1-11(2)3-5-16(6-4-11)9-8(12)7-14-10(13)15-9/h7H,3-6H2,1-2H3. The number of aromatic nitrogens is 2. The highest BCUT2D eigenvalue weighted by molar-refractivity contribution is 9.10. The fourth-order valence-corrected chi connectivity index (χ4v) is 2.45. The van der Waals surface area contributed by atoms with Crippen LogP contribution in [0.15, 0.2) is 10.7 Å². The third-order valence-corrected chi connectivity index (χ3v) is 3.85. The second-order valence-electron chi connectivity index (χ2n) is 4.96. The number of rotatable bonds is 1. The van der Waals surface area contributed by atoms with E-state index < -0.39 is 0 Å². The van der Waals surface area contributed by atoms with Gasteiger partial charge >= 0.3 is 0 Å². The summed E-state index contributed by atoms with van der Waals surface area (Å²) in [6.07, 6.45) is 4.08. The van der Waals surface area contributed by atoms with Crippen LogP contribution in [0.25, 0.3) is 0 Å². The predicted octanol–water partition coefficient (Wildman–Crippen LogP) is 3.52. The Labute approximate surface area is 109 Å². The molecule has 2 heterocycles. The minimum absolute atomic E-state index is 0.308. The van der Waals surface area contributed by atoms with Crippen molar-refractivity contribution in [3.63, 3.8) is 0 Å². The fraction of sp³-hybridized carbons (Fsp3) is 0.636. The number of piperidine rings is 1. The Balaban J connectivity index is 2.17. The third-order valence-electron chi connectivity index (χ3n) is 3.11. The van der Waals surface area contributed by atoms with Gasteiger partial charge in [-0.3, -0.25) is 0 Å². The maximum absolute atomic E-state index is 5.82. The summed E-state index contributed by atoms with van der Waals surface area (Å²) in [6.45, 7) is 6.68. The molecule has 3 nitrogen and oxygen atoms in total. The van der Waals surface area contributed by atoms with E-state index in [1.807, 2.05) is 0 Å². The van der Waals surface area contributed by atoms with E-state index in [1.54, 1.807) is 6.20 Å². The molecule has 16 heavy (non-hydrogen) atoms. The molecule has 1 aromatic rings. The Bertz CT molecular complexity index is 385. The van der Waals surface area contributed by atoms with Crippen LogP contribution in [0.4, 0.5) is 5.82 Å². The van der Waals surface area contributed by atoms with Crippen LogP contribution < -0.4 is 4.90 Å². The first kappa shape index (κ1) is 12.1. The zero-order valence-corrected chi connectivity index (χ0v) is 11.8. The van der Waals surface area contributed by atoms with E-state index in [0.29, 0.717) is 10.7 Å². The molecule has 0 aliphatic carbocycles. The lowest BCUT2D eigenvalue weighted by atomic mass is 9.83. The molecule has 2 rings (SSSR count). The Morgan fingerprint density at radius 1 is 1.38 bits per heavy atom. The van der Waals surface area contributed by atoms with E-state index >= 15 is 0 Å². The zero-order valence-electron chi connectivity index (χ0n) is 9.50. The molecule has 1 saturated heterocycles. The summed E-state index contributed by atoms with van der Waals surface area (Å²) in [5.41, 5.74) is 0.444. The van der Waals surface area contributed by atoms with Gasteiger partial charge in [0.2, 0.25) is 5.28 Å². The lowest BCUT2D eigenvalue weighted by molar-refractivity contribution is 0.279. The molecule has 0 aromatic carbocycles. The highest BCUT2D eigenvalue weighted by atomic mass is 79.9. The van der Waals surface area contributed by atoms with Crippen molar-refractivity contribution in [2.75, 3.05) is 18.0 Å². The first-order valence-corrected chi connectivity index (χ1v) is 6.58. The molecule has 0 bridgehead atoms. The topological polar surface area (TPSA) is 29.0 Å². The summed E-state index contributed by atoms with van der Waals surface area (Å²) in [7, 11) is 0. The maximum Gasteiger partial charge on any atom is 0.224 e. The molecule has 1 fully saturated rings. The molecule has 0 atom stereocenters. The van der Waals surface area contributed by atoms with Crippen LogP contribution in [0, 0.1) is 5.41 Å². The van der Waals surface area contributed by atoms with E-state index in [1.165, 1.54) is 12.8 Å². The summed E-state index contributed by atoms with van der Waals surface area (Å²) in [5, 5.41) is 0.308. The quantitative estimate of drug-likeness (QED) is 0.743. The number of hydrogen-bond acceptors (Lipinski definition) is 3. The SMILES string of the molecule is CC1(C)CCN(c2nc(Cl)ncc2Br)CC1. The normalized spacial score (nSPS) is 19.9. The lowest BCUT2D eigenvalue weighted by Gasteiger charge is -2.37. The number of anilines is 1. The third kappa shape index (κ3) is 2.66. The summed E-state index contributed by atoms with van der Waals surface area (Å²) in [4.78, 5) is 10.5. The van der Waals surface area contributed by atoms with Gasteiger partial charge in [-0.05, 0) is 45.8 Å². The highest BCUT2D eigenvalue weighted by Gasteiger charge is 2.26. The fourth-order valence-electron chi connectivity index (χ4n) is 1.88. The molecule has 0 N–H and O–H groups in total. The molecule has 0 saturated carbocycles. The average molecular weight is 305 g/mol. The predicted molar refractivity (Wildman–Crippen MR) is 70.0 cm³/mol. The zero-order chi connectivity index (χ0) is 11.8. The minimum atomic E-state index is 0.308. The Morgan fingerprint density at radius 3 is 2.62 bits per heavy atom. The second kappa shape index (κ2) is 4.49. The van der Waals surface area contributed by atoms with Gasteiger partial charge in [-0.25, -0.2) is 4.98 Å². The Kier molecular flexibility index (Phi) is 3.40. The number of hydrogen-bond donors (Lipinski definition) is 0. The van der Waals surface area contributed by atoms with Crippen LogP contribution in [0.3, 0.4) is 0 Å². The largest absolute Gasteiger partial charge is 0.355 e. The van der Waals surface area contributed by atoms with Crippen LogP contribution in [-0.4, -0.2) is 23.1 Å². The van der Waals surface area contributed by atoms with E-state index in [4.69, 9.17) is 11.6 Å². The molecule has 1 aromatic heterocycles. The van der Waals surface area contributed by atoms with Crippen molar-refractivity contribution >= 4 is 33.3 Å². The van der Waals surface area contributed by atoms with E-state index in [-0.39, 0.29) is 0 Å². The van der Waals surface area contributed by atoms with E-state index in [2.05, 4.69) is 44.6 Å². The van der Waals surface area contributed by atoms with Crippen molar-refractivity contribution in [3.05, 3.63) is 16.0 Å². The van der Waals surface area contributed by atoms with Gasteiger partial charge in [-0.15, -0.1) is 0 Å².